The first-order valence-electron chi connectivity index (χ1n) is 4.83. The third-order valence-corrected chi connectivity index (χ3v) is 2.41. The Morgan fingerprint density at radius 1 is 0.875 bits per heavy atom. The quantitative estimate of drug-likeness (QED) is 0.602. The molecule has 0 spiro atoms. The van der Waals surface area contributed by atoms with E-state index < -0.39 is 0 Å². The highest BCUT2D eigenvalue weighted by molar-refractivity contribution is 6.06. The van der Waals surface area contributed by atoms with Gasteiger partial charge in [0.15, 0.2) is 0 Å². The van der Waals surface area contributed by atoms with Gasteiger partial charge in [0.05, 0.1) is 0 Å². The number of aromatic nitrogens is 1. The van der Waals surface area contributed by atoms with Gasteiger partial charge < -0.3 is 10.1 Å². The minimum Gasteiger partial charge on any atom is -0.473 e. The molecule has 3 nitrogen and oxygen atoms in total. The molecule has 0 aliphatic rings. The Bertz CT molecular complexity index is 563. The van der Waals surface area contributed by atoms with Crippen LogP contribution in [0.25, 0.3) is 21.8 Å². The topological polar surface area (TPSA) is 53.1 Å². The highest BCUT2D eigenvalue weighted by Gasteiger charge is 2.00. The third-order valence-electron chi connectivity index (χ3n) is 2.41. The molecule has 0 fully saturated rings. The van der Waals surface area contributed by atoms with E-state index in [1.165, 1.54) is 21.8 Å². The monoisotopic (exact) mass is 212 g/mol. The minimum atomic E-state index is 0.500. The first kappa shape index (κ1) is 10.2. The zero-order valence-corrected chi connectivity index (χ0v) is 8.47. The zero-order valence-electron chi connectivity index (χ0n) is 8.47. The molecule has 1 heterocycles. The Kier molecular flexibility index (Phi) is 2.87. The number of rotatable bonds is 0. The standard InChI is InChI=1S/C12H9N.CHO2/c1-3-7-11-9(5-1)10-6-2-4-8-12(10)13-11;2-1-3/h1-8,13H;(H,2,3). The second kappa shape index (κ2) is 4.49. The third kappa shape index (κ3) is 1.75. The molecule has 1 aromatic heterocycles. The molecule has 0 aliphatic carbocycles. The van der Waals surface area contributed by atoms with Crippen LogP contribution in [0.5, 0.6) is 0 Å². The Labute approximate surface area is 92.3 Å². The molecule has 0 saturated carbocycles. The molecule has 0 amide bonds. The number of benzene rings is 2. The highest BCUT2D eigenvalue weighted by atomic mass is 16.3. The number of fused-ring (bicyclic) bond motifs is 3. The molecular weight excluding hydrogens is 202 g/mol. The SMILES string of the molecule is O=[C]O.c1ccc2c(c1)[nH]c1ccccc12. The summed E-state index contributed by atoms with van der Waals surface area (Å²) in [5, 5.41) is 9.37. The van der Waals surface area contributed by atoms with E-state index in [1.54, 1.807) is 0 Å². The minimum absolute atomic E-state index is 0.500. The van der Waals surface area contributed by atoms with Crippen LogP contribution in [-0.2, 0) is 4.79 Å². The highest BCUT2D eigenvalue weighted by Crippen LogP contribution is 2.24. The number of H-pyrrole nitrogens is 1. The molecule has 3 aromatic rings. The van der Waals surface area contributed by atoms with Crippen LogP contribution in [0.4, 0.5) is 0 Å². The normalized spacial score (nSPS) is 9.75. The fraction of sp³-hybridized carbons (Fsp3) is 0. The van der Waals surface area contributed by atoms with E-state index in [1.807, 2.05) is 0 Å². The zero-order chi connectivity index (χ0) is 11.4. The van der Waals surface area contributed by atoms with Crippen LogP contribution in [0.2, 0.25) is 0 Å². The molecule has 0 saturated heterocycles. The van der Waals surface area contributed by atoms with Gasteiger partial charge in [-0.25, -0.2) is 4.79 Å². The number of nitrogens with one attached hydrogen (secondary N) is 1. The Hall–Kier alpha value is -2.29. The predicted molar refractivity (Wildman–Crippen MR) is 64.1 cm³/mol. The maximum absolute atomic E-state index is 8.24. The number of aromatic amines is 1. The molecule has 2 N–H and O–H groups in total. The van der Waals surface area contributed by atoms with Crippen LogP contribution in [0.3, 0.4) is 0 Å². The van der Waals surface area contributed by atoms with Crippen LogP contribution in [-0.4, -0.2) is 16.6 Å². The summed E-state index contributed by atoms with van der Waals surface area (Å²) >= 11 is 0. The Balaban J connectivity index is 0.000000292. The van der Waals surface area contributed by atoms with Gasteiger partial charge in [0.2, 0.25) is 0 Å². The molecule has 0 bridgehead atoms. The lowest BCUT2D eigenvalue weighted by Crippen LogP contribution is -1.62. The lowest BCUT2D eigenvalue weighted by atomic mass is 10.2. The van der Waals surface area contributed by atoms with E-state index in [0.29, 0.717) is 6.47 Å². The molecule has 16 heavy (non-hydrogen) atoms. The molecule has 1 radical (unpaired) electrons. The van der Waals surface area contributed by atoms with Crippen LogP contribution in [0.1, 0.15) is 0 Å². The first-order valence-corrected chi connectivity index (χ1v) is 4.83. The van der Waals surface area contributed by atoms with Gasteiger partial charge in [-0.05, 0) is 12.1 Å². The largest absolute Gasteiger partial charge is 0.473 e. The van der Waals surface area contributed by atoms with Gasteiger partial charge in [0.1, 0.15) is 0 Å². The summed E-state index contributed by atoms with van der Waals surface area (Å²) in [6.07, 6.45) is 0. The summed E-state index contributed by atoms with van der Waals surface area (Å²) in [6, 6.07) is 16.8. The summed E-state index contributed by atoms with van der Waals surface area (Å²) in [5.41, 5.74) is 2.42. The van der Waals surface area contributed by atoms with E-state index in [4.69, 9.17) is 9.90 Å². The van der Waals surface area contributed by atoms with Crippen molar-refractivity contribution in [2.45, 2.75) is 0 Å². The fourth-order valence-corrected chi connectivity index (χ4v) is 1.80. The van der Waals surface area contributed by atoms with E-state index >= 15 is 0 Å². The molecule has 3 heteroatoms. The molecule has 79 valence electrons. The second-order valence-electron chi connectivity index (χ2n) is 3.31. The Morgan fingerprint density at radius 2 is 1.25 bits per heavy atom. The van der Waals surface area contributed by atoms with Gasteiger partial charge in [-0.15, -0.1) is 0 Å². The van der Waals surface area contributed by atoms with Crippen molar-refractivity contribution in [1.82, 2.24) is 4.98 Å². The first-order chi connectivity index (χ1) is 7.86. The molecule has 0 atom stereocenters. The summed E-state index contributed by atoms with van der Waals surface area (Å²) in [4.78, 5) is 11.6. The van der Waals surface area contributed by atoms with Crippen molar-refractivity contribution in [2.24, 2.45) is 0 Å². The van der Waals surface area contributed by atoms with E-state index in [0.717, 1.165) is 0 Å². The van der Waals surface area contributed by atoms with Crippen molar-refractivity contribution in [1.29, 1.82) is 0 Å². The van der Waals surface area contributed by atoms with Crippen LogP contribution >= 0.6 is 0 Å². The summed E-state index contributed by atoms with van der Waals surface area (Å²) in [7, 11) is 0. The number of para-hydroxylation sites is 2. The van der Waals surface area contributed by atoms with E-state index in [9.17, 15) is 0 Å². The van der Waals surface area contributed by atoms with Crippen molar-refractivity contribution in [3.8, 4) is 0 Å². The summed E-state index contributed by atoms with van der Waals surface area (Å²) in [6.45, 7) is 0.500. The lowest BCUT2D eigenvalue weighted by molar-refractivity contribution is 0.437. The Morgan fingerprint density at radius 3 is 1.69 bits per heavy atom. The fourth-order valence-electron chi connectivity index (χ4n) is 1.80. The van der Waals surface area contributed by atoms with Crippen LogP contribution < -0.4 is 0 Å². The smallest absolute Gasteiger partial charge is 0.414 e. The van der Waals surface area contributed by atoms with Crippen LogP contribution in [0, 0.1) is 0 Å². The maximum Gasteiger partial charge on any atom is 0.414 e. The van der Waals surface area contributed by atoms with Gasteiger partial charge in [-0.1, -0.05) is 36.4 Å². The van der Waals surface area contributed by atoms with Gasteiger partial charge in [-0.3, -0.25) is 0 Å². The van der Waals surface area contributed by atoms with Crippen molar-refractivity contribution in [3.05, 3.63) is 48.5 Å². The average Bonchev–Trinajstić information content (AvgIpc) is 2.68. The summed E-state index contributed by atoms with van der Waals surface area (Å²) < 4.78 is 0. The van der Waals surface area contributed by atoms with Gasteiger partial charge in [0, 0.05) is 21.8 Å². The van der Waals surface area contributed by atoms with Gasteiger partial charge >= 0.3 is 6.47 Å². The maximum atomic E-state index is 8.24. The predicted octanol–water partition coefficient (Wildman–Crippen LogP) is 2.93. The molecule has 3 rings (SSSR count). The van der Waals surface area contributed by atoms with E-state index in [2.05, 4.69) is 53.5 Å². The van der Waals surface area contributed by atoms with Crippen molar-refractivity contribution in [2.75, 3.05) is 0 Å². The van der Waals surface area contributed by atoms with Crippen LogP contribution in [0.15, 0.2) is 48.5 Å². The van der Waals surface area contributed by atoms with Crippen molar-refractivity contribution < 1.29 is 9.90 Å². The van der Waals surface area contributed by atoms with E-state index in [-0.39, 0.29) is 0 Å². The van der Waals surface area contributed by atoms with Crippen molar-refractivity contribution in [3.63, 3.8) is 0 Å². The average molecular weight is 212 g/mol. The summed E-state index contributed by atoms with van der Waals surface area (Å²) in [5.74, 6) is 0. The number of aliphatic hydroxyl groups excluding tert-OH is 1. The second-order valence-corrected chi connectivity index (χ2v) is 3.31. The van der Waals surface area contributed by atoms with Gasteiger partial charge in [-0.2, -0.15) is 0 Å². The number of hydrogen-bond acceptors (Lipinski definition) is 1. The molecule has 0 aliphatic heterocycles. The lowest BCUT2D eigenvalue weighted by Gasteiger charge is -1.87. The molecule has 2 aromatic carbocycles. The molecular formula is C13H10NO2. The van der Waals surface area contributed by atoms with Crippen molar-refractivity contribution >= 4 is 28.3 Å². The van der Waals surface area contributed by atoms with Gasteiger partial charge in [0.25, 0.3) is 0 Å². The molecule has 0 unspecified atom stereocenters. The number of hydrogen-bond donors (Lipinski definition) is 2.